The Kier molecular flexibility index (Phi) is 9.33. The molecule has 1 amide bonds. The summed E-state index contributed by atoms with van der Waals surface area (Å²) in [6.07, 6.45) is 0.514. The lowest BCUT2D eigenvalue weighted by atomic mass is 9.83. The van der Waals surface area contributed by atoms with Gasteiger partial charge in [0.15, 0.2) is 0 Å². The third kappa shape index (κ3) is 7.16. The second-order valence-corrected chi connectivity index (χ2v) is 11.1. The second kappa shape index (κ2) is 13.0. The third-order valence-corrected chi connectivity index (χ3v) is 8.04. The van der Waals surface area contributed by atoms with Crippen molar-refractivity contribution in [2.75, 3.05) is 59.5 Å². The summed E-state index contributed by atoms with van der Waals surface area (Å²) < 4.78 is 77.6. The number of benzene rings is 2. The predicted molar refractivity (Wildman–Crippen MR) is 152 cm³/mol. The van der Waals surface area contributed by atoms with Gasteiger partial charge in [-0.15, -0.1) is 0 Å². The number of H-pyrrole nitrogens is 1. The Morgan fingerprint density at radius 3 is 2.58 bits per heavy atom. The summed E-state index contributed by atoms with van der Waals surface area (Å²) in [4.78, 5) is 17.3. The zero-order valence-corrected chi connectivity index (χ0v) is 24.1. The van der Waals surface area contributed by atoms with Gasteiger partial charge in [-0.05, 0) is 37.6 Å². The van der Waals surface area contributed by atoms with Gasteiger partial charge in [0.1, 0.15) is 24.0 Å². The molecule has 0 spiro atoms. The molecule has 2 aromatic carbocycles. The van der Waals surface area contributed by atoms with Crippen molar-refractivity contribution in [3.05, 3.63) is 70.9 Å². The number of hydrogen-bond donors (Lipinski definition) is 2. The molecule has 0 bridgehead atoms. The first-order valence-electron chi connectivity index (χ1n) is 14.3. The van der Waals surface area contributed by atoms with Gasteiger partial charge in [-0.3, -0.25) is 14.8 Å². The zero-order chi connectivity index (χ0) is 30.7. The first kappa shape index (κ1) is 30.9. The van der Waals surface area contributed by atoms with E-state index in [9.17, 15) is 18.0 Å². The van der Waals surface area contributed by atoms with Crippen molar-refractivity contribution in [2.24, 2.45) is 0 Å². The van der Waals surface area contributed by atoms with Crippen molar-refractivity contribution in [3.8, 4) is 5.75 Å². The number of rotatable bonds is 9. The molecule has 232 valence electrons. The fourth-order valence-corrected chi connectivity index (χ4v) is 5.82. The maximum Gasteiger partial charge on any atom is 0.401 e. The SMILES string of the molecule is C[C@@H]1Cc2c(ccc3[nH]ncc23)[C@@H](c2c(F)cc(OCCNC/C=C/C(=O)N3CCN(C)CC3)cc2F)N1CC(F)(F)F. The van der Waals surface area contributed by atoms with Gasteiger partial charge in [0, 0.05) is 74.5 Å². The lowest BCUT2D eigenvalue weighted by Crippen LogP contribution is -2.47. The zero-order valence-electron chi connectivity index (χ0n) is 24.1. The van der Waals surface area contributed by atoms with Gasteiger partial charge in [-0.25, -0.2) is 8.78 Å². The van der Waals surface area contributed by atoms with E-state index < -0.39 is 42.0 Å². The molecule has 43 heavy (non-hydrogen) atoms. The highest BCUT2D eigenvalue weighted by molar-refractivity contribution is 5.87. The van der Waals surface area contributed by atoms with Gasteiger partial charge in [-0.2, -0.15) is 18.3 Å². The van der Waals surface area contributed by atoms with E-state index in [1.807, 2.05) is 7.05 Å². The van der Waals surface area contributed by atoms with Crippen molar-refractivity contribution in [1.82, 2.24) is 30.2 Å². The number of ether oxygens (including phenoxy) is 1. The fourth-order valence-electron chi connectivity index (χ4n) is 5.82. The number of hydrogen-bond acceptors (Lipinski definition) is 6. The summed E-state index contributed by atoms with van der Waals surface area (Å²) in [5, 5.41) is 10.7. The largest absolute Gasteiger partial charge is 0.492 e. The van der Waals surface area contributed by atoms with Gasteiger partial charge < -0.3 is 19.9 Å². The molecule has 5 rings (SSSR count). The molecule has 0 saturated carbocycles. The Morgan fingerprint density at radius 1 is 1.16 bits per heavy atom. The van der Waals surface area contributed by atoms with E-state index in [1.165, 1.54) is 6.08 Å². The summed E-state index contributed by atoms with van der Waals surface area (Å²) in [6.45, 7) is 4.19. The molecule has 2 atom stereocenters. The highest BCUT2D eigenvalue weighted by Crippen LogP contribution is 2.43. The second-order valence-electron chi connectivity index (χ2n) is 11.1. The van der Waals surface area contributed by atoms with Gasteiger partial charge >= 0.3 is 6.18 Å². The number of aromatic nitrogens is 2. The number of carbonyl (C=O) groups excluding carboxylic acids is 1. The first-order chi connectivity index (χ1) is 20.5. The van der Waals surface area contributed by atoms with Crippen LogP contribution in [-0.4, -0.2) is 102 Å². The van der Waals surface area contributed by atoms with E-state index in [2.05, 4.69) is 20.4 Å². The number of likely N-dealkylation sites (N-methyl/N-ethyl adjacent to an activating group) is 1. The summed E-state index contributed by atoms with van der Waals surface area (Å²) in [5.74, 6) is -2.09. The Morgan fingerprint density at radius 2 is 1.88 bits per heavy atom. The number of carbonyl (C=O) groups is 1. The molecule has 13 heteroatoms. The van der Waals surface area contributed by atoms with Gasteiger partial charge in [0.25, 0.3) is 0 Å². The van der Waals surface area contributed by atoms with Crippen LogP contribution in [0, 0.1) is 11.6 Å². The van der Waals surface area contributed by atoms with Crippen LogP contribution in [0.3, 0.4) is 0 Å². The summed E-state index contributed by atoms with van der Waals surface area (Å²) in [6, 6.07) is 3.34. The van der Waals surface area contributed by atoms with Crippen molar-refractivity contribution in [3.63, 3.8) is 0 Å². The molecule has 8 nitrogen and oxygen atoms in total. The molecule has 3 aromatic rings. The van der Waals surface area contributed by atoms with E-state index >= 15 is 8.78 Å². The molecule has 2 aliphatic heterocycles. The minimum absolute atomic E-state index is 0.0462. The predicted octanol–water partition coefficient (Wildman–Crippen LogP) is 4.04. The number of alkyl halides is 3. The average molecular weight is 607 g/mol. The summed E-state index contributed by atoms with van der Waals surface area (Å²) in [7, 11) is 2.02. The lowest BCUT2D eigenvalue weighted by Gasteiger charge is -2.42. The molecule has 2 N–H and O–H groups in total. The standard InChI is InChI=1S/C30H35F5N6O2/c1-19-14-22-21(5-6-26-23(22)17-37-38-26)29(41(19)18-30(33,34)35)28-24(31)15-20(16-25(28)32)43-13-8-36-7-3-4-27(42)40-11-9-39(2)10-12-40/h3-6,15-17,19,29,36H,7-14,18H2,1-2H3,(H,37,38)/b4-3+/t19-,29+/m1/s1. The number of nitrogens with one attached hydrogen (secondary N) is 2. The molecular weight excluding hydrogens is 571 g/mol. The molecule has 0 radical (unpaired) electrons. The van der Waals surface area contributed by atoms with Crippen LogP contribution in [0.15, 0.2) is 42.6 Å². The van der Waals surface area contributed by atoms with Crippen molar-refractivity contribution < 1.29 is 31.5 Å². The van der Waals surface area contributed by atoms with E-state index in [0.717, 1.165) is 30.1 Å². The summed E-state index contributed by atoms with van der Waals surface area (Å²) in [5.41, 5.74) is 1.36. The Bertz CT molecular complexity index is 1440. The molecule has 1 aromatic heterocycles. The van der Waals surface area contributed by atoms with E-state index in [4.69, 9.17) is 4.74 Å². The van der Waals surface area contributed by atoms with Crippen LogP contribution in [0.25, 0.3) is 10.9 Å². The van der Waals surface area contributed by atoms with E-state index in [1.54, 1.807) is 36.2 Å². The van der Waals surface area contributed by atoms with Crippen LogP contribution in [0.5, 0.6) is 5.75 Å². The van der Waals surface area contributed by atoms with Crippen LogP contribution in [0.4, 0.5) is 22.0 Å². The van der Waals surface area contributed by atoms with E-state index in [0.29, 0.717) is 48.2 Å². The molecule has 1 saturated heterocycles. The van der Waals surface area contributed by atoms with Gasteiger partial charge in [-0.1, -0.05) is 12.1 Å². The Hall–Kier alpha value is -3.55. The van der Waals surface area contributed by atoms with Crippen LogP contribution in [0.2, 0.25) is 0 Å². The van der Waals surface area contributed by atoms with Crippen LogP contribution < -0.4 is 10.1 Å². The number of piperazine rings is 1. The van der Waals surface area contributed by atoms with Crippen LogP contribution >= 0.6 is 0 Å². The fraction of sp³-hybridized carbons (Fsp3) is 0.467. The first-order valence-corrected chi connectivity index (χ1v) is 14.3. The number of nitrogens with zero attached hydrogens (tertiary/aromatic N) is 4. The molecule has 3 heterocycles. The van der Waals surface area contributed by atoms with Crippen LogP contribution in [-0.2, 0) is 11.2 Å². The molecule has 2 aliphatic rings. The quantitative estimate of drug-likeness (QED) is 0.218. The number of halogens is 5. The maximum atomic E-state index is 15.6. The average Bonchev–Trinajstić information content (AvgIpc) is 3.43. The van der Waals surface area contributed by atoms with Crippen LogP contribution in [0.1, 0.15) is 29.7 Å². The smallest absolute Gasteiger partial charge is 0.401 e. The van der Waals surface area contributed by atoms with Gasteiger partial charge in [0.2, 0.25) is 5.91 Å². The Labute approximate surface area is 246 Å². The monoisotopic (exact) mass is 606 g/mol. The lowest BCUT2D eigenvalue weighted by molar-refractivity contribution is -0.155. The molecular formula is C30H35F5N6O2. The number of aromatic amines is 1. The molecule has 1 fully saturated rings. The van der Waals surface area contributed by atoms with Gasteiger partial charge in [0.05, 0.1) is 24.3 Å². The minimum atomic E-state index is -4.57. The highest BCUT2D eigenvalue weighted by atomic mass is 19.4. The van der Waals surface area contributed by atoms with Crippen molar-refractivity contribution in [2.45, 2.75) is 31.6 Å². The molecule has 0 unspecified atom stereocenters. The van der Waals surface area contributed by atoms with E-state index in [-0.39, 0.29) is 24.7 Å². The van der Waals surface area contributed by atoms with Crippen molar-refractivity contribution in [1.29, 1.82) is 0 Å². The molecule has 0 aliphatic carbocycles. The Balaban J connectivity index is 1.25. The highest BCUT2D eigenvalue weighted by Gasteiger charge is 2.43. The number of fused-ring (bicyclic) bond motifs is 3. The normalized spacial score (nSPS) is 20.2. The minimum Gasteiger partial charge on any atom is -0.492 e. The summed E-state index contributed by atoms with van der Waals surface area (Å²) >= 11 is 0. The topological polar surface area (TPSA) is 76.7 Å². The number of amides is 1. The van der Waals surface area contributed by atoms with Crippen molar-refractivity contribution >= 4 is 16.8 Å². The third-order valence-electron chi connectivity index (χ3n) is 8.04. The maximum absolute atomic E-state index is 15.6.